The Bertz CT molecular complexity index is 428. The third-order valence-electron chi connectivity index (χ3n) is 4.57. The van der Waals surface area contributed by atoms with Crippen LogP contribution in [0.2, 0.25) is 0 Å². The van der Waals surface area contributed by atoms with E-state index in [0.717, 1.165) is 19.4 Å². The Kier molecular flexibility index (Phi) is 5.61. The Morgan fingerprint density at radius 3 is 2.65 bits per heavy atom. The number of hydrogen-bond donors (Lipinski definition) is 1. The Balaban J connectivity index is 2.06. The normalized spacial score (nSPS) is 23.2. The van der Waals surface area contributed by atoms with Crippen LogP contribution in [-0.2, 0) is 31.2 Å². The second kappa shape index (κ2) is 7.23. The molecule has 0 amide bonds. The molecule has 1 N–H and O–H groups in total. The molecule has 20 heavy (non-hydrogen) atoms. The summed E-state index contributed by atoms with van der Waals surface area (Å²) in [7, 11) is 3.89. The van der Waals surface area contributed by atoms with Crippen molar-refractivity contribution in [2.24, 2.45) is 7.05 Å². The fourth-order valence-corrected chi connectivity index (χ4v) is 3.44. The SMILES string of the molecule is CCc1nn(C)c(CC)c1CN[C@H]1CCCC[C@H]1OC. The molecule has 1 aliphatic rings. The minimum atomic E-state index is 0.371. The van der Waals surface area contributed by atoms with Crippen molar-refractivity contribution in [3.8, 4) is 0 Å². The van der Waals surface area contributed by atoms with Crippen LogP contribution in [0.15, 0.2) is 0 Å². The van der Waals surface area contributed by atoms with Crippen molar-refractivity contribution in [3.05, 3.63) is 17.0 Å². The summed E-state index contributed by atoms with van der Waals surface area (Å²) in [5.41, 5.74) is 4.00. The number of nitrogens with one attached hydrogen (secondary N) is 1. The highest BCUT2D eigenvalue weighted by molar-refractivity contribution is 5.26. The molecule has 0 spiro atoms. The molecule has 4 heteroatoms. The number of aryl methyl sites for hydroxylation is 2. The van der Waals surface area contributed by atoms with E-state index in [9.17, 15) is 0 Å². The van der Waals surface area contributed by atoms with Gasteiger partial charge in [-0.3, -0.25) is 4.68 Å². The van der Waals surface area contributed by atoms with Gasteiger partial charge in [-0.1, -0.05) is 26.7 Å². The highest BCUT2D eigenvalue weighted by Crippen LogP contribution is 2.22. The lowest BCUT2D eigenvalue weighted by Gasteiger charge is -2.31. The summed E-state index contributed by atoms with van der Waals surface area (Å²) in [6.45, 7) is 5.31. The summed E-state index contributed by atoms with van der Waals surface area (Å²) in [5, 5.41) is 8.37. The van der Waals surface area contributed by atoms with Crippen LogP contribution < -0.4 is 5.32 Å². The lowest BCUT2D eigenvalue weighted by Crippen LogP contribution is -2.42. The molecule has 0 aliphatic heterocycles. The summed E-state index contributed by atoms with van der Waals surface area (Å²) in [6, 6.07) is 0.489. The highest BCUT2D eigenvalue weighted by atomic mass is 16.5. The smallest absolute Gasteiger partial charge is 0.0724 e. The average Bonchev–Trinajstić information content (AvgIpc) is 2.80. The maximum Gasteiger partial charge on any atom is 0.0724 e. The standard InChI is InChI=1S/C16H29N3O/c1-5-13-12(15(6-2)19(3)18-13)11-17-14-9-7-8-10-16(14)20-4/h14,16-17H,5-11H2,1-4H3/t14-,16+/m0/s1. The molecule has 2 atom stereocenters. The Labute approximate surface area is 122 Å². The molecule has 1 heterocycles. The number of nitrogens with zero attached hydrogens (tertiary/aromatic N) is 2. The largest absolute Gasteiger partial charge is 0.380 e. The third kappa shape index (κ3) is 3.23. The van der Waals surface area contributed by atoms with Gasteiger partial charge in [-0.15, -0.1) is 0 Å². The van der Waals surface area contributed by atoms with Gasteiger partial charge >= 0.3 is 0 Å². The predicted molar refractivity (Wildman–Crippen MR) is 81.9 cm³/mol. The van der Waals surface area contributed by atoms with E-state index >= 15 is 0 Å². The van der Waals surface area contributed by atoms with Crippen molar-refractivity contribution in [3.63, 3.8) is 0 Å². The van der Waals surface area contributed by atoms with Gasteiger partial charge in [-0.05, 0) is 25.7 Å². The highest BCUT2D eigenvalue weighted by Gasteiger charge is 2.25. The van der Waals surface area contributed by atoms with Crippen molar-refractivity contribution < 1.29 is 4.74 Å². The van der Waals surface area contributed by atoms with Gasteiger partial charge in [0.2, 0.25) is 0 Å². The third-order valence-corrected chi connectivity index (χ3v) is 4.57. The van der Waals surface area contributed by atoms with Gasteiger partial charge in [0.05, 0.1) is 11.8 Å². The van der Waals surface area contributed by atoms with Crippen LogP contribution >= 0.6 is 0 Å². The summed E-state index contributed by atoms with van der Waals surface area (Å²) < 4.78 is 7.67. The van der Waals surface area contributed by atoms with E-state index in [1.54, 1.807) is 0 Å². The fourth-order valence-electron chi connectivity index (χ4n) is 3.44. The van der Waals surface area contributed by atoms with Gasteiger partial charge in [0.25, 0.3) is 0 Å². The average molecular weight is 279 g/mol. The quantitative estimate of drug-likeness (QED) is 0.870. The lowest BCUT2D eigenvalue weighted by atomic mass is 9.92. The van der Waals surface area contributed by atoms with Crippen LogP contribution in [-0.4, -0.2) is 29.0 Å². The molecule has 1 aromatic rings. The molecule has 0 aromatic carbocycles. The van der Waals surface area contributed by atoms with Gasteiger partial charge in [0.15, 0.2) is 0 Å². The first-order valence-electron chi connectivity index (χ1n) is 8.01. The molecular formula is C16H29N3O. The van der Waals surface area contributed by atoms with Crippen LogP contribution in [0.1, 0.15) is 56.5 Å². The van der Waals surface area contributed by atoms with E-state index in [1.807, 2.05) is 11.8 Å². The Morgan fingerprint density at radius 2 is 2.00 bits per heavy atom. The molecule has 0 radical (unpaired) electrons. The minimum Gasteiger partial charge on any atom is -0.380 e. The molecule has 114 valence electrons. The van der Waals surface area contributed by atoms with Crippen LogP contribution in [0, 0.1) is 0 Å². The van der Waals surface area contributed by atoms with Crippen molar-refractivity contribution in [1.82, 2.24) is 15.1 Å². The Morgan fingerprint density at radius 1 is 1.25 bits per heavy atom. The molecule has 1 fully saturated rings. The number of rotatable bonds is 6. The fraction of sp³-hybridized carbons (Fsp3) is 0.812. The van der Waals surface area contributed by atoms with Gasteiger partial charge in [-0.2, -0.15) is 5.10 Å². The molecule has 1 saturated carbocycles. The zero-order valence-corrected chi connectivity index (χ0v) is 13.4. The molecule has 1 aliphatic carbocycles. The first kappa shape index (κ1) is 15.5. The van der Waals surface area contributed by atoms with E-state index in [1.165, 1.54) is 42.6 Å². The lowest BCUT2D eigenvalue weighted by molar-refractivity contribution is 0.0412. The number of hydrogen-bond acceptors (Lipinski definition) is 3. The molecule has 0 saturated heterocycles. The zero-order chi connectivity index (χ0) is 14.5. The van der Waals surface area contributed by atoms with E-state index in [-0.39, 0.29) is 0 Å². The maximum absolute atomic E-state index is 5.63. The molecular weight excluding hydrogens is 250 g/mol. The van der Waals surface area contributed by atoms with Crippen LogP contribution in [0.5, 0.6) is 0 Å². The monoisotopic (exact) mass is 279 g/mol. The van der Waals surface area contributed by atoms with Gasteiger partial charge in [-0.25, -0.2) is 0 Å². The van der Waals surface area contributed by atoms with Gasteiger partial charge < -0.3 is 10.1 Å². The number of methoxy groups -OCH3 is 1. The minimum absolute atomic E-state index is 0.371. The van der Waals surface area contributed by atoms with Crippen LogP contribution in [0.4, 0.5) is 0 Å². The molecule has 4 nitrogen and oxygen atoms in total. The van der Waals surface area contributed by atoms with Gasteiger partial charge in [0, 0.05) is 38.0 Å². The zero-order valence-electron chi connectivity index (χ0n) is 13.4. The maximum atomic E-state index is 5.63. The molecule has 1 aromatic heterocycles. The van der Waals surface area contributed by atoms with Crippen molar-refractivity contribution >= 4 is 0 Å². The van der Waals surface area contributed by atoms with E-state index in [4.69, 9.17) is 4.74 Å². The second-order valence-corrected chi connectivity index (χ2v) is 5.75. The Hall–Kier alpha value is -0.870. The second-order valence-electron chi connectivity index (χ2n) is 5.75. The summed E-state index contributed by atoms with van der Waals surface area (Å²) in [5.74, 6) is 0. The van der Waals surface area contributed by atoms with E-state index in [2.05, 4.69) is 31.3 Å². The van der Waals surface area contributed by atoms with Gasteiger partial charge in [0.1, 0.15) is 0 Å². The first-order chi connectivity index (χ1) is 9.71. The first-order valence-corrected chi connectivity index (χ1v) is 8.01. The summed E-state index contributed by atoms with van der Waals surface area (Å²) >= 11 is 0. The van der Waals surface area contributed by atoms with Crippen LogP contribution in [0.25, 0.3) is 0 Å². The van der Waals surface area contributed by atoms with Crippen molar-refractivity contribution in [1.29, 1.82) is 0 Å². The van der Waals surface area contributed by atoms with E-state index < -0.39 is 0 Å². The molecule has 0 bridgehead atoms. The number of aromatic nitrogens is 2. The van der Waals surface area contributed by atoms with Crippen molar-refractivity contribution in [2.75, 3.05) is 7.11 Å². The van der Waals surface area contributed by atoms with E-state index in [0.29, 0.717) is 12.1 Å². The molecule has 0 unspecified atom stereocenters. The number of ether oxygens (including phenoxy) is 1. The summed E-state index contributed by atoms with van der Waals surface area (Å²) in [6.07, 6.45) is 7.43. The summed E-state index contributed by atoms with van der Waals surface area (Å²) in [4.78, 5) is 0. The topological polar surface area (TPSA) is 39.1 Å². The predicted octanol–water partition coefficient (Wildman–Crippen LogP) is 2.59. The van der Waals surface area contributed by atoms with Crippen molar-refractivity contribution in [2.45, 2.75) is 71.1 Å². The van der Waals surface area contributed by atoms with Crippen LogP contribution in [0.3, 0.4) is 0 Å². The molecule has 2 rings (SSSR count).